The maximum Gasteiger partial charge on any atom is 0.134 e. The molecule has 0 bridgehead atoms. The molecule has 16 heavy (non-hydrogen) atoms. The molecule has 2 nitrogen and oxygen atoms in total. The number of benzene rings is 1. The van der Waals surface area contributed by atoms with Gasteiger partial charge in [-0.25, -0.2) is 0 Å². The van der Waals surface area contributed by atoms with E-state index in [1.54, 1.807) is 0 Å². The molecule has 1 rings (SSSR count). The molecule has 0 aliphatic rings. The van der Waals surface area contributed by atoms with Gasteiger partial charge in [-0.1, -0.05) is 19.1 Å². The Bertz CT molecular complexity index is 355. The third-order valence-electron chi connectivity index (χ3n) is 2.08. The first-order valence-corrected chi connectivity index (χ1v) is 6.05. The Labute approximate surface area is 106 Å². The molecule has 0 amide bonds. The van der Waals surface area contributed by atoms with Crippen LogP contribution in [0.25, 0.3) is 0 Å². The van der Waals surface area contributed by atoms with Crippen molar-refractivity contribution >= 4 is 15.9 Å². The molecule has 0 saturated carbocycles. The number of aliphatic hydroxyl groups excluding tert-OH is 1. The number of halogens is 1. The SMILES string of the molecule is C[C](CO)c1cccc(OC(C)(C)C)c1Br. The minimum absolute atomic E-state index is 0.0531. The quantitative estimate of drug-likeness (QED) is 0.920. The molecule has 0 fully saturated rings. The summed E-state index contributed by atoms with van der Waals surface area (Å²) in [7, 11) is 0. The Morgan fingerprint density at radius 1 is 1.38 bits per heavy atom. The van der Waals surface area contributed by atoms with Gasteiger partial charge in [-0.05, 0) is 48.3 Å². The van der Waals surface area contributed by atoms with Crippen LogP contribution in [0.4, 0.5) is 0 Å². The van der Waals surface area contributed by atoms with Gasteiger partial charge in [0.1, 0.15) is 11.4 Å². The summed E-state index contributed by atoms with van der Waals surface area (Å²) in [6, 6.07) is 5.81. The highest BCUT2D eigenvalue weighted by Crippen LogP contribution is 2.34. The van der Waals surface area contributed by atoms with Crippen molar-refractivity contribution in [2.24, 2.45) is 0 Å². The fourth-order valence-corrected chi connectivity index (χ4v) is 2.02. The smallest absolute Gasteiger partial charge is 0.134 e. The van der Waals surface area contributed by atoms with Crippen molar-refractivity contribution in [2.75, 3.05) is 6.61 Å². The molecule has 0 heterocycles. The van der Waals surface area contributed by atoms with Gasteiger partial charge in [-0.15, -0.1) is 0 Å². The number of rotatable bonds is 3. The molecule has 0 spiro atoms. The number of aliphatic hydroxyl groups is 1. The van der Waals surface area contributed by atoms with Gasteiger partial charge in [0.25, 0.3) is 0 Å². The second kappa shape index (κ2) is 5.19. The molecule has 0 atom stereocenters. The van der Waals surface area contributed by atoms with E-state index in [0.29, 0.717) is 0 Å². The molecular formula is C13H18BrO2. The molecular weight excluding hydrogens is 268 g/mol. The van der Waals surface area contributed by atoms with E-state index in [1.807, 2.05) is 45.9 Å². The lowest BCUT2D eigenvalue weighted by Crippen LogP contribution is -2.23. The Morgan fingerprint density at radius 3 is 2.50 bits per heavy atom. The van der Waals surface area contributed by atoms with E-state index < -0.39 is 0 Å². The molecule has 0 aliphatic carbocycles. The molecule has 0 aromatic heterocycles. The fourth-order valence-electron chi connectivity index (χ4n) is 1.33. The fraction of sp³-hybridized carbons (Fsp3) is 0.462. The predicted octanol–water partition coefficient (Wildman–Crippen LogP) is 3.56. The molecule has 1 N–H and O–H groups in total. The first-order valence-electron chi connectivity index (χ1n) is 5.26. The van der Waals surface area contributed by atoms with Crippen LogP contribution in [0.15, 0.2) is 22.7 Å². The Kier molecular flexibility index (Phi) is 4.39. The molecule has 0 aliphatic heterocycles. The maximum atomic E-state index is 9.14. The molecule has 1 radical (unpaired) electrons. The lowest BCUT2D eigenvalue weighted by Gasteiger charge is -2.23. The Hall–Kier alpha value is -0.540. The largest absolute Gasteiger partial charge is 0.487 e. The normalized spacial score (nSPS) is 11.9. The van der Waals surface area contributed by atoms with Gasteiger partial charge in [0.05, 0.1) is 11.1 Å². The van der Waals surface area contributed by atoms with Crippen LogP contribution >= 0.6 is 15.9 Å². The van der Waals surface area contributed by atoms with Crippen molar-refractivity contribution in [3.8, 4) is 5.75 Å². The second-order valence-corrected chi connectivity index (χ2v) is 5.56. The van der Waals surface area contributed by atoms with Crippen LogP contribution < -0.4 is 4.74 Å². The minimum Gasteiger partial charge on any atom is -0.487 e. The van der Waals surface area contributed by atoms with Crippen molar-refractivity contribution in [3.63, 3.8) is 0 Å². The number of ether oxygens (including phenoxy) is 1. The summed E-state index contributed by atoms with van der Waals surface area (Å²) in [6.07, 6.45) is 0. The van der Waals surface area contributed by atoms with Gasteiger partial charge in [0, 0.05) is 5.92 Å². The number of hydrogen-bond donors (Lipinski definition) is 1. The average Bonchev–Trinajstić information content (AvgIpc) is 2.18. The summed E-state index contributed by atoms with van der Waals surface area (Å²) in [5, 5.41) is 9.14. The summed E-state index contributed by atoms with van der Waals surface area (Å²) < 4.78 is 6.73. The van der Waals surface area contributed by atoms with Crippen molar-refractivity contribution in [3.05, 3.63) is 34.2 Å². The van der Waals surface area contributed by atoms with Crippen LogP contribution in [-0.4, -0.2) is 17.3 Å². The molecule has 1 aromatic carbocycles. The van der Waals surface area contributed by atoms with Gasteiger partial charge in [0.15, 0.2) is 0 Å². The van der Waals surface area contributed by atoms with Gasteiger partial charge in [-0.2, -0.15) is 0 Å². The third-order valence-corrected chi connectivity index (χ3v) is 2.89. The van der Waals surface area contributed by atoms with Gasteiger partial charge in [-0.3, -0.25) is 0 Å². The molecule has 0 unspecified atom stereocenters. The monoisotopic (exact) mass is 285 g/mol. The Balaban J connectivity index is 3.04. The van der Waals surface area contributed by atoms with Gasteiger partial charge >= 0.3 is 0 Å². The summed E-state index contributed by atoms with van der Waals surface area (Å²) in [5.74, 6) is 1.73. The van der Waals surface area contributed by atoms with Crippen molar-refractivity contribution in [2.45, 2.75) is 33.3 Å². The highest BCUT2D eigenvalue weighted by atomic mass is 79.9. The van der Waals surface area contributed by atoms with Crippen molar-refractivity contribution < 1.29 is 9.84 Å². The Morgan fingerprint density at radius 2 is 2.00 bits per heavy atom. The van der Waals surface area contributed by atoms with E-state index in [9.17, 15) is 0 Å². The highest BCUT2D eigenvalue weighted by Gasteiger charge is 2.17. The van der Waals surface area contributed by atoms with Crippen molar-refractivity contribution in [1.29, 1.82) is 0 Å². The average molecular weight is 286 g/mol. The van der Waals surface area contributed by atoms with Gasteiger partial charge in [0.2, 0.25) is 0 Å². The topological polar surface area (TPSA) is 29.5 Å². The third kappa shape index (κ3) is 3.49. The van der Waals surface area contributed by atoms with Crippen LogP contribution in [0.5, 0.6) is 5.75 Å². The van der Waals surface area contributed by atoms with E-state index in [0.717, 1.165) is 21.7 Å². The summed E-state index contributed by atoms with van der Waals surface area (Å²) in [5.41, 5.74) is 0.762. The lowest BCUT2D eigenvalue weighted by molar-refractivity contribution is 0.129. The van der Waals surface area contributed by atoms with Crippen LogP contribution in [0.3, 0.4) is 0 Å². The molecule has 3 heteroatoms. The maximum absolute atomic E-state index is 9.14. The zero-order valence-electron chi connectivity index (χ0n) is 10.2. The van der Waals surface area contributed by atoms with E-state index in [2.05, 4.69) is 15.9 Å². The first kappa shape index (κ1) is 13.5. The van der Waals surface area contributed by atoms with Crippen LogP contribution in [0, 0.1) is 5.92 Å². The number of hydrogen-bond acceptors (Lipinski definition) is 2. The standard InChI is InChI=1S/C13H18BrO2/c1-9(8-15)10-6-5-7-11(12(10)14)16-13(2,3)4/h5-7,15H,8H2,1-4H3. The second-order valence-electron chi connectivity index (χ2n) is 4.77. The van der Waals surface area contributed by atoms with Crippen LogP contribution in [-0.2, 0) is 0 Å². The van der Waals surface area contributed by atoms with Crippen LogP contribution in [0.1, 0.15) is 33.3 Å². The highest BCUT2D eigenvalue weighted by molar-refractivity contribution is 9.10. The summed E-state index contributed by atoms with van der Waals surface area (Å²) >= 11 is 3.52. The minimum atomic E-state index is -0.228. The van der Waals surface area contributed by atoms with E-state index >= 15 is 0 Å². The summed E-state index contributed by atoms with van der Waals surface area (Å²) in [4.78, 5) is 0. The molecule has 1 aromatic rings. The van der Waals surface area contributed by atoms with Gasteiger partial charge < -0.3 is 9.84 Å². The zero-order valence-corrected chi connectivity index (χ0v) is 11.8. The molecule has 89 valence electrons. The zero-order chi connectivity index (χ0) is 12.3. The lowest BCUT2D eigenvalue weighted by atomic mass is 10.0. The van der Waals surface area contributed by atoms with Crippen molar-refractivity contribution in [1.82, 2.24) is 0 Å². The van der Waals surface area contributed by atoms with Crippen LogP contribution in [0.2, 0.25) is 0 Å². The summed E-state index contributed by atoms with van der Waals surface area (Å²) in [6.45, 7) is 7.98. The van der Waals surface area contributed by atoms with E-state index in [-0.39, 0.29) is 12.2 Å². The predicted molar refractivity (Wildman–Crippen MR) is 69.6 cm³/mol. The van der Waals surface area contributed by atoms with E-state index in [1.165, 1.54) is 0 Å². The first-order chi connectivity index (χ1) is 7.35. The van der Waals surface area contributed by atoms with E-state index in [4.69, 9.17) is 9.84 Å². The molecule has 0 saturated heterocycles.